The molecule has 1 nitrogen and oxygen atoms in total. The first-order valence-electron chi connectivity index (χ1n) is 4.62. The molecule has 1 aromatic rings. The molecule has 1 heteroatoms. The quantitative estimate of drug-likeness (QED) is 0.611. The Morgan fingerprint density at radius 2 is 2.25 bits per heavy atom. The summed E-state index contributed by atoms with van der Waals surface area (Å²) in [6.07, 6.45) is 1.22. The van der Waals surface area contributed by atoms with Crippen molar-refractivity contribution in [3.63, 3.8) is 0 Å². The van der Waals surface area contributed by atoms with Gasteiger partial charge in [0.2, 0.25) is 0 Å². The first-order chi connectivity index (χ1) is 5.77. The molecule has 0 heterocycles. The van der Waals surface area contributed by atoms with Crippen molar-refractivity contribution < 1.29 is 0 Å². The van der Waals surface area contributed by atoms with Gasteiger partial charge in [-0.25, -0.2) is 0 Å². The summed E-state index contributed by atoms with van der Waals surface area (Å²) >= 11 is 0. The third-order valence-electron chi connectivity index (χ3n) is 3.35. The number of hydrogen-bond donors (Lipinski definition) is 1. The normalized spacial score (nSPS) is 36.0. The van der Waals surface area contributed by atoms with Gasteiger partial charge in [-0.3, -0.25) is 0 Å². The molecule has 2 aliphatic rings. The topological polar surface area (TPSA) is 26.0 Å². The van der Waals surface area contributed by atoms with Crippen molar-refractivity contribution in [1.29, 1.82) is 0 Å². The summed E-state index contributed by atoms with van der Waals surface area (Å²) in [5.74, 6) is 1.49. The zero-order valence-electron chi connectivity index (χ0n) is 7.25. The maximum atomic E-state index is 5.94. The number of rotatable bonds is 0. The van der Waals surface area contributed by atoms with Gasteiger partial charge in [-0.2, -0.15) is 0 Å². The molecule has 3 atom stereocenters. The summed E-state index contributed by atoms with van der Waals surface area (Å²) in [7, 11) is 0. The highest BCUT2D eigenvalue weighted by Crippen LogP contribution is 2.55. The van der Waals surface area contributed by atoms with Crippen LogP contribution in [0.15, 0.2) is 18.2 Å². The van der Waals surface area contributed by atoms with Crippen LogP contribution in [-0.4, -0.2) is 6.04 Å². The molecule has 0 spiro atoms. The summed E-state index contributed by atoms with van der Waals surface area (Å²) in [4.78, 5) is 0. The van der Waals surface area contributed by atoms with Crippen LogP contribution >= 0.6 is 0 Å². The number of nitrogens with two attached hydrogens (primary N) is 1. The Morgan fingerprint density at radius 1 is 1.42 bits per heavy atom. The molecule has 0 amide bonds. The largest absolute Gasteiger partial charge is 0.327 e. The molecule has 0 radical (unpaired) electrons. The Morgan fingerprint density at radius 3 is 3.08 bits per heavy atom. The minimum atomic E-state index is 0.472. The molecule has 0 saturated heterocycles. The molecule has 3 rings (SSSR count). The van der Waals surface area contributed by atoms with Gasteiger partial charge in [0.15, 0.2) is 0 Å². The highest BCUT2D eigenvalue weighted by Gasteiger charge is 2.53. The smallest absolute Gasteiger partial charge is 0.0149 e. The van der Waals surface area contributed by atoms with Crippen LogP contribution in [0.5, 0.6) is 0 Å². The van der Waals surface area contributed by atoms with Crippen LogP contribution in [0.1, 0.15) is 22.6 Å². The predicted molar refractivity (Wildman–Crippen MR) is 49.1 cm³/mol. The standard InChI is InChI=1S/C11H13N/c1-6-2-3-7-5-9-10(11(9)12)8(7)4-6/h2-4,9-11H,5,12H2,1H3. The van der Waals surface area contributed by atoms with Crippen molar-refractivity contribution >= 4 is 0 Å². The van der Waals surface area contributed by atoms with E-state index in [1.54, 1.807) is 0 Å². The third-order valence-corrected chi connectivity index (χ3v) is 3.35. The van der Waals surface area contributed by atoms with E-state index < -0.39 is 0 Å². The second-order valence-corrected chi connectivity index (χ2v) is 4.17. The molecule has 2 aliphatic carbocycles. The number of hydrogen-bond acceptors (Lipinski definition) is 1. The van der Waals surface area contributed by atoms with Crippen molar-refractivity contribution in [2.75, 3.05) is 0 Å². The molecule has 0 aromatic heterocycles. The lowest BCUT2D eigenvalue weighted by atomic mass is 10.0. The Bertz CT molecular complexity index is 343. The zero-order valence-corrected chi connectivity index (χ0v) is 7.25. The number of fused-ring (bicyclic) bond motifs is 3. The summed E-state index contributed by atoms with van der Waals surface area (Å²) < 4.78 is 0. The first-order valence-corrected chi connectivity index (χ1v) is 4.62. The van der Waals surface area contributed by atoms with Gasteiger partial charge in [0, 0.05) is 12.0 Å². The predicted octanol–water partition coefficient (Wildman–Crippen LogP) is 1.59. The lowest BCUT2D eigenvalue weighted by molar-refractivity contribution is 0.801. The summed E-state index contributed by atoms with van der Waals surface area (Å²) in [6, 6.07) is 7.25. The summed E-state index contributed by atoms with van der Waals surface area (Å²) in [5.41, 5.74) is 10.4. The molecular weight excluding hydrogens is 146 g/mol. The Kier molecular flexibility index (Phi) is 1.06. The molecule has 0 bridgehead atoms. The van der Waals surface area contributed by atoms with Gasteiger partial charge in [0.25, 0.3) is 0 Å². The average Bonchev–Trinajstić information content (AvgIpc) is 2.55. The molecule has 0 aliphatic heterocycles. The van der Waals surface area contributed by atoms with Crippen LogP contribution in [0.25, 0.3) is 0 Å². The Hall–Kier alpha value is -0.820. The van der Waals surface area contributed by atoms with Crippen molar-refractivity contribution in [3.05, 3.63) is 34.9 Å². The molecule has 62 valence electrons. The van der Waals surface area contributed by atoms with E-state index in [2.05, 4.69) is 25.1 Å². The Labute approximate surface area is 72.6 Å². The number of benzene rings is 1. The average molecular weight is 159 g/mol. The van der Waals surface area contributed by atoms with Crippen molar-refractivity contribution in [3.8, 4) is 0 Å². The van der Waals surface area contributed by atoms with Crippen molar-refractivity contribution in [2.24, 2.45) is 11.7 Å². The van der Waals surface area contributed by atoms with Crippen LogP contribution in [0, 0.1) is 12.8 Å². The van der Waals surface area contributed by atoms with Crippen LogP contribution in [0.4, 0.5) is 0 Å². The van der Waals surface area contributed by atoms with E-state index >= 15 is 0 Å². The summed E-state index contributed by atoms with van der Waals surface area (Å²) in [6.45, 7) is 2.15. The second-order valence-electron chi connectivity index (χ2n) is 4.17. The van der Waals surface area contributed by atoms with E-state index in [-0.39, 0.29) is 0 Å². The fourth-order valence-electron chi connectivity index (χ4n) is 2.57. The maximum Gasteiger partial charge on any atom is 0.0149 e. The molecular formula is C11H13N. The Balaban J connectivity index is 2.12. The highest BCUT2D eigenvalue weighted by molar-refractivity contribution is 5.46. The molecule has 12 heavy (non-hydrogen) atoms. The molecule has 1 aromatic carbocycles. The van der Waals surface area contributed by atoms with Gasteiger partial charge >= 0.3 is 0 Å². The SMILES string of the molecule is Cc1ccc2c(c1)C1C(N)C1C2. The fraction of sp³-hybridized carbons (Fsp3) is 0.455. The van der Waals surface area contributed by atoms with E-state index in [0.29, 0.717) is 12.0 Å². The van der Waals surface area contributed by atoms with Gasteiger partial charge in [-0.15, -0.1) is 0 Å². The minimum Gasteiger partial charge on any atom is -0.327 e. The van der Waals surface area contributed by atoms with Crippen molar-refractivity contribution in [1.82, 2.24) is 0 Å². The van der Waals surface area contributed by atoms with E-state index in [1.165, 1.54) is 23.1 Å². The highest BCUT2D eigenvalue weighted by atomic mass is 14.8. The lowest BCUT2D eigenvalue weighted by Gasteiger charge is -2.04. The van der Waals surface area contributed by atoms with Gasteiger partial charge in [0.1, 0.15) is 0 Å². The monoisotopic (exact) mass is 159 g/mol. The first kappa shape index (κ1) is 6.67. The minimum absolute atomic E-state index is 0.472. The fourth-order valence-corrected chi connectivity index (χ4v) is 2.57. The van der Waals surface area contributed by atoms with Gasteiger partial charge in [-0.05, 0) is 30.4 Å². The van der Waals surface area contributed by atoms with Crippen LogP contribution in [0.3, 0.4) is 0 Å². The van der Waals surface area contributed by atoms with Crippen LogP contribution in [-0.2, 0) is 6.42 Å². The van der Waals surface area contributed by atoms with Crippen molar-refractivity contribution in [2.45, 2.75) is 25.3 Å². The third kappa shape index (κ3) is 0.674. The van der Waals surface area contributed by atoms with Crippen LogP contribution < -0.4 is 5.73 Å². The van der Waals surface area contributed by atoms with Gasteiger partial charge in [0.05, 0.1) is 0 Å². The maximum absolute atomic E-state index is 5.94. The summed E-state index contributed by atoms with van der Waals surface area (Å²) in [5, 5.41) is 0. The lowest BCUT2D eigenvalue weighted by Crippen LogP contribution is -2.08. The molecule has 1 fully saturated rings. The van der Waals surface area contributed by atoms with Gasteiger partial charge < -0.3 is 5.73 Å². The van der Waals surface area contributed by atoms with E-state index in [4.69, 9.17) is 5.73 Å². The molecule has 1 saturated carbocycles. The van der Waals surface area contributed by atoms with E-state index in [1.807, 2.05) is 0 Å². The second kappa shape index (κ2) is 1.91. The van der Waals surface area contributed by atoms with E-state index in [0.717, 1.165) is 5.92 Å². The zero-order chi connectivity index (χ0) is 8.29. The van der Waals surface area contributed by atoms with E-state index in [9.17, 15) is 0 Å². The number of aryl methyl sites for hydroxylation is 1. The molecule has 2 N–H and O–H groups in total. The van der Waals surface area contributed by atoms with Crippen LogP contribution in [0.2, 0.25) is 0 Å². The van der Waals surface area contributed by atoms with Gasteiger partial charge in [-0.1, -0.05) is 23.8 Å². The molecule has 3 unspecified atom stereocenters.